The summed E-state index contributed by atoms with van der Waals surface area (Å²) in [4.78, 5) is 23.6. The zero-order chi connectivity index (χ0) is 20.0. The van der Waals surface area contributed by atoms with Gasteiger partial charge in [-0.3, -0.25) is 4.79 Å². The number of esters is 1. The third-order valence-electron chi connectivity index (χ3n) is 3.02. The van der Waals surface area contributed by atoms with Gasteiger partial charge in [-0.15, -0.1) is 0 Å². The molecule has 0 saturated carbocycles. The highest BCUT2D eigenvalue weighted by Gasteiger charge is 2.19. The van der Waals surface area contributed by atoms with Gasteiger partial charge in [-0.2, -0.15) is 0 Å². The largest absolute Gasteiger partial charge is 0.452 e. The predicted molar refractivity (Wildman–Crippen MR) is 96.3 cm³/mol. The molecule has 0 heterocycles. The first-order valence-electron chi connectivity index (χ1n) is 8.04. The summed E-state index contributed by atoms with van der Waals surface area (Å²) in [5.41, 5.74) is -0.274. The van der Waals surface area contributed by atoms with E-state index in [4.69, 9.17) is 9.47 Å². The van der Waals surface area contributed by atoms with E-state index in [2.05, 4.69) is 10.0 Å². The van der Waals surface area contributed by atoms with Gasteiger partial charge in [0.2, 0.25) is 10.0 Å². The molecule has 0 fully saturated rings. The molecular weight excluding hydrogens is 360 g/mol. The first kappa shape index (κ1) is 22.1. The molecule has 1 rings (SSSR count). The van der Waals surface area contributed by atoms with Crippen LogP contribution in [0, 0.1) is 0 Å². The lowest BCUT2D eigenvalue weighted by atomic mass is 10.1. The van der Waals surface area contributed by atoms with Crippen molar-refractivity contribution < 1.29 is 27.5 Å². The fraction of sp³-hybridized carbons (Fsp3) is 0.529. The van der Waals surface area contributed by atoms with E-state index in [1.807, 2.05) is 20.8 Å². The number of carbonyl (C=O) groups is 2. The van der Waals surface area contributed by atoms with Crippen molar-refractivity contribution in [1.82, 2.24) is 10.0 Å². The molecule has 0 spiro atoms. The van der Waals surface area contributed by atoms with Gasteiger partial charge in [0.15, 0.2) is 6.61 Å². The molecule has 0 aliphatic rings. The van der Waals surface area contributed by atoms with Crippen LogP contribution in [0.4, 0.5) is 0 Å². The standard InChI is InChI=1S/C17H26N2O6S/c1-12(10-24-5)19-26(22,23)14-8-6-13(7-9-14)16(21)25-11-15(20)18-17(2,3)4/h6-9,12,19H,10-11H2,1-5H3,(H,18,20)/t12-/m0/s1. The third-order valence-corrected chi connectivity index (χ3v) is 4.63. The lowest BCUT2D eigenvalue weighted by Gasteiger charge is -2.20. The van der Waals surface area contributed by atoms with Gasteiger partial charge >= 0.3 is 5.97 Å². The molecule has 1 aromatic rings. The molecule has 0 bridgehead atoms. The Morgan fingerprint density at radius 1 is 1.15 bits per heavy atom. The predicted octanol–water partition coefficient (Wildman–Crippen LogP) is 1.07. The summed E-state index contributed by atoms with van der Waals surface area (Å²) in [6.45, 7) is 6.94. The van der Waals surface area contributed by atoms with E-state index < -0.39 is 40.1 Å². The first-order chi connectivity index (χ1) is 11.9. The summed E-state index contributed by atoms with van der Waals surface area (Å²) in [5, 5.41) is 2.67. The molecule has 0 aliphatic heterocycles. The van der Waals surface area contributed by atoms with Gasteiger partial charge in [-0.05, 0) is 52.0 Å². The quantitative estimate of drug-likeness (QED) is 0.647. The highest BCUT2D eigenvalue weighted by Crippen LogP contribution is 2.12. The monoisotopic (exact) mass is 386 g/mol. The van der Waals surface area contributed by atoms with Crippen molar-refractivity contribution >= 4 is 21.9 Å². The number of ether oxygens (including phenoxy) is 2. The van der Waals surface area contributed by atoms with Crippen LogP contribution in [-0.4, -0.2) is 52.2 Å². The minimum Gasteiger partial charge on any atom is -0.452 e. The van der Waals surface area contributed by atoms with Crippen molar-refractivity contribution in [2.75, 3.05) is 20.3 Å². The molecule has 9 heteroatoms. The van der Waals surface area contributed by atoms with Crippen LogP contribution < -0.4 is 10.0 Å². The molecule has 1 atom stereocenters. The van der Waals surface area contributed by atoms with E-state index in [-0.39, 0.29) is 17.1 Å². The number of hydrogen-bond donors (Lipinski definition) is 2. The number of carbonyl (C=O) groups excluding carboxylic acids is 2. The fourth-order valence-electron chi connectivity index (χ4n) is 2.06. The Kier molecular flexibility index (Phi) is 7.73. The van der Waals surface area contributed by atoms with E-state index in [0.29, 0.717) is 0 Å². The van der Waals surface area contributed by atoms with Crippen molar-refractivity contribution in [2.24, 2.45) is 0 Å². The zero-order valence-electron chi connectivity index (χ0n) is 15.7. The van der Waals surface area contributed by atoms with Crippen molar-refractivity contribution in [1.29, 1.82) is 0 Å². The van der Waals surface area contributed by atoms with Crippen LogP contribution in [-0.2, 0) is 24.3 Å². The molecule has 2 N–H and O–H groups in total. The van der Waals surface area contributed by atoms with E-state index >= 15 is 0 Å². The lowest BCUT2D eigenvalue weighted by molar-refractivity contribution is -0.125. The second-order valence-electron chi connectivity index (χ2n) is 6.88. The Bertz CT molecular complexity index is 723. The van der Waals surface area contributed by atoms with Gasteiger partial charge < -0.3 is 14.8 Å². The topological polar surface area (TPSA) is 111 Å². The van der Waals surface area contributed by atoms with Crippen LogP contribution in [0.25, 0.3) is 0 Å². The van der Waals surface area contributed by atoms with Gasteiger partial charge in [0.25, 0.3) is 5.91 Å². The Labute approximate surface area is 154 Å². The van der Waals surface area contributed by atoms with Gasteiger partial charge in [-0.25, -0.2) is 17.9 Å². The van der Waals surface area contributed by atoms with Gasteiger partial charge in [0.1, 0.15) is 0 Å². The number of methoxy groups -OCH3 is 1. The Balaban J connectivity index is 2.69. The second kappa shape index (κ2) is 9.11. The number of nitrogens with one attached hydrogen (secondary N) is 2. The minimum absolute atomic E-state index is 0.0162. The molecular formula is C17H26N2O6S. The van der Waals surface area contributed by atoms with Gasteiger partial charge in [0.05, 0.1) is 17.1 Å². The van der Waals surface area contributed by atoms with E-state index in [1.165, 1.54) is 31.4 Å². The van der Waals surface area contributed by atoms with Crippen LogP contribution in [0.3, 0.4) is 0 Å². The summed E-state index contributed by atoms with van der Waals surface area (Å²) in [7, 11) is -2.24. The molecule has 26 heavy (non-hydrogen) atoms. The SMILES string of the molecule is COC[C@H](C)NS(=O)(=O)c1ccc(C(=O)OCC(=O)NC(C)(C)C)cc1. The van der Waals surface area contributed by atoms with Crippen molar-refractivity contribution in [3.63, 3.8) is 0 Å². The number of sulfonamides is 1. The van der Waals surface area contributed by atoms with Crippen molar-refractivity contribution in [3.05, 3.63) is 29.8 Å². The van der Waals surface area contributed by atoms with Crippen molar-refractivity contribution in [2.45, 2.75) is 44.2 Å². The average molecular weight is 386 g/mol. The van der Waals surface area contributed by atoms with Gasteiger partial charge in [-0.1, -0.05) is 0 Å². The maximum absolute atomic E-state index is 12.2. The van der Waals surface area contributed by atoms with E-state index in [0.717, 1.165) is 0 Å². The maximum Gasteiger partial charge on any atom is 0.338 e. The maximum atomic E-state index is 12.2. The normalized spacial score (nSPS) is 13.1. The summed E-state index contributed by atoms with van der Waals surface area (Å²) in [6.07, 6.45) is 0. The summed E-state index contributed by atoms with van der Waals surface area (Å²) < 4.78 is 36.7. The molecule has 8 nitrogen and oxygen atoms in total. The highest BCUT2D eigenvalue weighted by atomic mass is 32.2. The van der Waals surface area contributed by atoms with Gasteiger partial charge in [0, 0.05) is 18.7 Å². The average Bonchev–Trinajstić information content (AvgIpc) is 2.51. The molecule has 1 amide bonds. The van der Waals surface area contributed by atoms with Crippen molar-refractivity contribution in [3.8, 4) is 0 Å². The smallest absolute Gasteiger partial charge is 0.338 e. The highest BCUT2D eigenvalue weighted by molar-refractivity contribution is 7.89. The van der Waals surface area contributed by atoms with Crippen LogP contribution in [0.15, 0.2) is 29.2 Å². The summed E-state index contributed by atoms with van der Waals surface area (Å²) in [6, 6.07) is 4.87. The molecule has 1 aromatic carbocycles. The molecule has 0 aliphatic carbocycles. The summed E-state index contributed by atoms with van der Waals surface area (Å²) >= 11 is 0. The van der Waals surface area contributed by atoms with E-state index in [1.54, 1.807) is 6.92 Å². The number of rotatable bonds is 8. The number of benzene rings is 1. The Morgan fingerprint density at radius 2 is 1.73 bits per heavy atom. The lowest BCUT2D eigenvalue weighted by Crippen LogP contribution is -2.42. The van der Waals surface area contributed by atoms with Crippen LogP contribution in [0.5, 0.6) is 0 Å². The Morgan fingerprint density at radius 3 is 2.23 bits per heavy atom. The summed E-state index contributed by atoms with van der Waals surface area (Å²) in [5.74, 6) is -1.12. The molecule has 0 saturated heterocycles. The first-order valence-corrected chi connectivity index (χ1v) is 9.52. The zero-order valence-corrected chi connectivity index (χ0v) is 16.5. The van der Waals surface area contributed by atoms with E-state index in [9.17, 15) is 18.0 Å². The van der Waals surface area contributed by atoms with Crippen LogP contribution in [0.1, 0.15) is 38.1 Å². The number of amides is 1. The molecule has 146 valence electrons. The third kappa shape index (κ3) is 7.51. The van der Waals surface area contributed by atoms with Crippen LogP contribution >= 0.6 is 0 Å². The van der Waals surface area contributed by atoms with Crippen LogP contribution in [0.2, 0.25) is 0 Å². The fourth-order valence-corrected chi connectivity index (χ4v) is 3.28. The number of hydrogen-bond acceptors (Lipinski definition) is 6. The molecule has 0 aromatic heterocycles. The Hall–Kier alpha value is -1.97. The minimum atomic E-state index is -3.72. The molecule has 0 radical (unpaired) electrons. The molecule has 0 unspecified atom stereocenters. The second-order valence-corrected chi connectivity index (χ2v) is 8.59.